The van der Waals surface area contributed by atoms with Gasteiger partial charge in [-0.2, -0.15) is 5.10 Å². The van der Waals surface area contributed by atoms with Gasteiger partial charge in [0.05, 0.1) is 18.9 Å². The summed E-state index contributed by atoms with van der Waals surface area (Å²) in [7, 11) is 0. The number of carbonyl (C=O) groups excluding carboxylic acids is 1. The fourth-order valence-corrected chi connectivity index (χ4v) is 2.90. The molecule has 0 spiro atoms. The Labute approximate surface area is 175 Å². The van der Waals surface area contributed by atoms with E-state index in [1.807, 2.05) is 38.1 Å². The maximum Gasteiger partial charge on any atom is 0.267 e. The van der Waals surface area contributed by atoms with Crippen molar-refractivity contribution in [3.05, 3.63) is 71.0 Å². The number of benzene rings is 2. The lowest BCUT2D eigenvalue weighted by Gasteiger charge is -2.15. The normalized spacial score (nSPS) is 11.6. The van der Waals surface area contributed by atoms with Gasteiger partial charge in [-0.15, -0.1) is 0 Å². The van der Waals surface area contributed by atoms with Gasteiger partial charge in [0.25, 0.3) is 5.56 Å². The molecule has 3 rings (SSSR count). The molecule has 0 fully saturated rings. The number of aromatic nitrogens is 2. The van der Waals surface area contributed by atoms with E-state index in [2.05, 4.69) is 10.4 Å². The van der Waals surface area contributed by atoms with Crippen molar-refractivity contribution in [1.29, 1.82) is 0 Å². The van der Waals surface area contributed by atoms with Gasteiger partial charge in [-0.1, -0.05) is 0 Å². The van der Waals surface area contributed by atoms with Crippen LogP contribution >= 0.6 is 0 Å². The lowest BCUT2D eigenvalue weighted by Crippen LogP contribution is -2.33. The molecule has 3 aromatic rings. The van der Waals surface area contributed by atoms with E-state index in [1.165, 1.54) is 10.7 Å². The summed E-state index contributed by atoms with van der Waals surface area (Å²) < 4.78 is 12.0. The molecular formula is C23H25N3O4. The summed E-state index contributed by atoms with van der Waals surface area (Å²) in [6.07, 6.45) is 0. The van der Waals surface area contributed by atoms with Crippen molar-refractivity contribution in [1.82, 2.24) is 9.78 Å². The molecule has 1 aromatic heterocycles. The van der Waals surface area contributed by atoms with Gasteiger partial charge in [0.1, 0.15) is 17.5 Å². The van der Waals surface area contributed by atoms with Crippen LogP contribution in [0.3, 0.4) is 0 Å². The number of nitrogens with one attached hydrogen (secondary N) is 1. The monoisotopic (exact) mass is 407 g/mol. The minimum Gasteiger partial charge on any atom is -0.494 e. The second-order valence-electron chi connectivity index (χ2n) is 6.58. The van der Waals surface area contributed by atoms with Crippen molar-refractivity contribution in [2.75, 3.05) is 18.5 Å². The van der Waals surface area contributed by atoms with E-state index < -0.39 is 6.04 Å². The molecule has 0 aliphatic heterocycles. The average Bonchev–Trinajstić information content (AvgIpc) is 2.76. The van der Waals surface area contributed by atoms with Crippen molar-refractivity contribution in [3.63, 3.8) is 0 Å². The van der Waals surface area contributed by atoms with Crippen LogP contribution in [0.15, 0.2) is 65.5 Å². The zero-order valence-corrected chi connectivity index (χ0v) is 17.3. The first-order valence-electron chi connectivity index (χ1n) is 9.88. The molecule has 1 N–H and O–H groups in total. The van der Waals surface area contributed by atoms with Gasteiger partial charge in [0, 0.05) is 17.3 Å². The Bertz CT molecular complexity index is 1040. The van der Waals surface area contributed by atoms with Crippen molar-refractivity contribution in [2.45, 2.75) is 26.8 Å². The highest BCUT2D eigenvalue weighted by Crippen LogP contribution is 2.21. The summed E-state index contributed by atoms with van der Waals surface area (Å²) >= 11 is 0. The number of carbonyl (C=O) groups is 1. The molecule has 1 unspecified atom stereocenters. The van der Waals surface area contributed by atoms with Gasteiger partial charge in [-0.05, 0) is 75.4 Å². The maximum absolute atomic E-state index is 12.7. The van der Waals surface area contributed by atoms with Gasteiger partial charge in [0.2, 0.25) is 5.91 Å². The van der Waals surface area contributed by atoms with Crippen LogP contribution in [-0.2, 0) is 4.79 Å². The molecule has 0 saturated heterocycles. The van der Waals surface area contributed by atoms with E-state index >= 15 is 0 Å². The van der Waals surface area contributed by atoms with E-state index in [-0.39, 0.29) is 11.5 Å². The largest absolute Gasteiger partial charge is 0.494 e. The standard InChI is InChI=1S/C23H25N3O4/c1-4-29-19-10-6-17(7-11-19)21-14-15-22(27)26(25-21)16(3)23(28)24-18-8-12-20(13-9-18)30-5-2/h6-16H,4-5H2,1-3H3,(H,24,28). The molecule has 1 heterocycles. The number of ether oxygens (including phenoxy) is 2. The zero-order valence-electron chi connectivity index (χ0n) is 17.3. The SMILES string of the molecule is CCOc1ccc(NC(=O)C(C)n2nc(-c3ccc(OCC)cc3)ccc2=O)cc1. The molecule has 0 bridgehead atoms. The van der Waals surface area contributed by atoms with E-state index in [1.54, 1.807) is 37.3 Å². The Kier molecular flexibility index (Phi) is 6.85. The molecule has 1 amide bonds. The van der Waals surface area contributed by atoms with Crippen LogP contribution in [0.25, 0.3) is 11.3 Å². The highest BCUT2D eigenvalue weighted by molar-refractivity contribution is 5.93. The minimum atomic E-state index is -0.785. The van der Waals surface area contributed by atoms with E-state index in [9.17, 15) is 9.59 Å². The Morgan fingerprint density at radius 2 is 1.50 bits per heavy atom. The Balaban J connectivity index is 1.77. The molecule has 30 heavy (non-hydrogen) atoms. The fraction of sp³-hybridized carbons (Fsp3) is 0.261. The second kappa shape index (κ2) is 9.73. The third-order valence-electron chi connectivity index (χ3n) is 4.47. The third kappa shape index (κ3) is 5.05. The van der Waals surface area contributed by atoms with Crippen molar-refractivity contribution in [3.8, 4) is 22.8 Å². The van der Waals surface area contributed by atoms with Crippen molar-refractivity contribution in [2.24, 2.45) is 0 Å². The Hall–Kier alpha value is -3.61. The molecule has 0 aliphatic rings. The smallest absolute Gasteiger partial charge is 0.267 e. The summed E-state index contributed by atoms with van der Waals surface area (Å²) in [5.74, 6) is 1.15. The first-order chi connectivity index (χ1) is 14.5. The van der Waals surface area contributed by atoms with Crippen LogP contribution in [0, 0.1) is 0 Å². The van der Waals surface area contributed by atoms with Crippen molar-refractivity contribution >= 4 is 11.6 Å². The highest BCUT2D eigenvalue weighted by atomic mass is 16.5. The number of rotatable bonds is 8. The molecule has 0 radical (unpaired) electrons. The van der Waals surface area contributed by atoms with Crippen LogP contribution in [-0.4, -0.2) is 28.9 Å². The Morgan fingerprint density at radius 1 is 0.933 bits per heavy atom. The number of hydrogen-bond donors (Lipinski definition) is 1. The number of hydrogen-bond acceptors (Lipinski definition) is 5. The van der Waals surface area contributed by atoms with Crippen LogP contribution in [0.5, 0.6) is 11.5 Å². The predicted octanol–water partition coefficient (Wildman–Crippen LogP) is 3.91. The van der Waals surface area contributed by atoms with Gasteiger partial charge >= 0.3 is 0 Å². The highest BCUT2D eigenvalue weighted by Gasteiger charge is 2.18. The van der Waals surface area contributed by atoms with Crippen LogP contribution < -0.4 is 20.3 Å². The van der Waals surface area contributed by atoms with Gasteiger partial charge in [-0.25, -0.2) is 4.68 Å². The van der Waals surface area contributed by atoms with Crippen molar-refractivity contribution < 1.29 is 14.3 Å². The third-order valence-corrected chi connectivity index (χ3v) is 4.47. The van der Waals surface area contributed by atoms with Gasteiger partial charge < -0.3 is 14.8 Å². The first kappa shape index (κ1) is 21.1. The van der Waals surface area contributed by atoms with Gasteiger partial charge in [0.15, 0.2) is 0 Å². The number of anilines is 1. The molecule has 7 heteroatoms. The molecule has 2 aromatic carbocycles. The summed E-state index contributed by atoms with van der Waals surface area (Å²) in [6, 6.07) is 16.8. The van der Waals surface area contributed by atoms with Gasteiger partial charge in [-0.3, -0.25) is 9.59 Å². The maximum atomic E-state index is 12.7. The average molecular weight is 407 g/mol. The zero-order chi connectivity index (χ0) is 21.5. The quantitative estimate of drug-likeness (QED) is 0.612. The molecule has 0 aliphatic carbocycles. The topological polar surface area (TPSA) is 82.4 Å². The molecule has 7 nitrogen and oxygen atoms in total. The number of nitrogens with zero attached hydrogens (tertiary/aromatic N) is 2. The summed E-state index contributed by atoms with van der Waals surface area (Å²) in [5.41, 5.74) is 1.69. The summed E-state index contributed by atoms with van der Waals surface area (Å²) in [6.45, 7) is 6.63. The second-order valence-corrected chi connectivity index (χ2v) is 6.58. The van der Waals surface area contributed by atoms with Crippen LogP contribution in [0.2, 0.25) is 0 Å². The minimum absolute atomic E-state index is 0.336. The molecule has 1 atom stereocenters. The molecular weight excluding hydrogens is 382 g/mol. The Morgan fingerprint density at radius 3 is 2.07 bits per heavy atom. The predicted molar refractivity (Wildman–Crippen MR) is 116 cm³/mol. The molecule has 0 saturated carbocycles. The fourth-order valence-electron chi connectivity index (χ4n) is 2.90. The molecule has 156 valence electrons. The lowest BCUT2D eigenvalue weighted by molar-refractivity contribution is -0.119. The van der Waals surface area contributed by atoms with Crippen LogP contribution in [0.4, 0.5) is 5.69 Å². The lowest BCUT2D eigenvalue weighted by atomic mass is 10.1. The van der Waals surface area contributed by atoms with Crippen LogP contribution in [0.1, 0.15) is 26.8 Å². The number of amides is 1. The summed E-state index contributed by atoms with van der Waals surface area (Å²) in [4.78, 5) is 25.0. The van der Waals surface area contributed by atoms with E-state index in [0.29, 0.717) is 24.6 Å². The van der Waals surface area contributed by atoms with E-state index in [4.69, 9.17) is 9.47 Å². The first-order valence-corrected chi connectivity index (χ1v) is 9.88. The summed E-state index contributed by atoms with van der Waals surface area (Å²) in [5, 5.41) is 7.21. The van der Waals surface area contributed by atoms with E-state index in [0.717, 1.165) is 17.1 Å².